The monoisotopic (exact) mass is 292 g/mol. The zero-order valence-corrected chi connectivity index (χ0v) is 12.1. The van der Waals surface area contributed by atoms with Gasteiger partial charge in [-0.2, -0.15) is 0 Å². The molecule has 0 aromatic heterocycles. The van der Waals surface area contributed by atoms with Crippen molar-refractivity contribution in [3.05, 3.63) is 28.8 Å². The molecule has 5 heteroatoms. The lowest BCUT2D eigenvalue weighted by atomic mass is 10.1. The molecule has 2 amide bonds. The second-order valence-corrected chi connectivity index (χ2v) is 5.94. The van der Waals surface area contributed by atoms with Gasteiger partial charge >= 0.3 is 0 Å². The molecule has 2 fully saturated rings. The predicted molar refractivity (Wildman–Crippen MR) is 77.8 cm³/mol. The van der Waals surface area contributed by atoms with Crippen LogP contribution in [-0.2, 0) is 9.59 Å². The van der Waals surface area contributed by atoms with Crippen molar-refractivity contribution in [2.45, 2.75) is 32.2 Å². The van der Waals surface area contributed by atoms with E-state index in [0.29, 0.717) is 18.0 Å². The standard InChI is InChI=1S/C15H17ClN2O2/c1-9-3-2-4-11(16)14(9)18-8-7-12(19)17-13(15(18)20)10-5-6-10/h2-4,10,13H,5-8H2,1H3,(H,17,19). The first kappa shape index (κ1) is 13.4. The minimum atomic E-state index is -0.388. The molecular formula is C15H17ClN2O2. The molecule has 3 rings (SSSR count). The first-order chi connectivity index (χ1) is 9.58. The van der Waals surface area contributed by atoms with Crippen molar-refractivity contribution in [1.82, 2.24) is 5.32 Å². The number of carbonyl (C=O) groups excluding carboxylic acids is 2. The topological polar surface area (TPSA) is 49.4 Å². The van der Waals surface area contributed by atoms with Crippen LogP contribution >= 0.6 is 11.6 Å². The molecular weight excluding hydrogens is 276 g/mol. The van der Waals surface area contributed by atoms with Crippen molar-refractivity contribution in [2.75, 3.05) is 11.4 Å². The molecule has 1 N–H and O–H groups in total. The van der Waals surface area contributed by atoms with E-state index in [1.807, 2.05) is 19.1 Å². The van der Waals surface area contributed by atoms with Gasteiger partial charge in [0.05, 0.1) is 10.7 Å². The summed E-state index contributed by atoms with van der Waals surface area (Å²) in [5.74, 6) is 0.201. The van der Waals surface area contributed by atoms with Crippen molar-refractivity contribution in [3.63, 3.8) is 0 Å². The molecule has 1 atom stereocenters. The Hall–Kier alpha value is -1.55. The van der Waals surface area contributed by atoms with E-state index in [1.165, 1.54) is 0 Å². The zero-order valence-electron chi connectivity index (χ0n) is 11.4. The molecule has 1 aliphatic carbocycles. The number of rotatable bonds is 2. The Morgan fingerprint density at radius 1 is 1.30 bits per heavy atom. The summed E-state index contributed by atoms with van der Waals surface area (Å²) in [6, 6.07) is 5.19. The quantitative estimate of drug-likeness (QED) is 0.909. The van der Waals surface area contributed by atoms with Crippen LogP contribution in [0.1, 0.15) is 24.8 Å². The fraction of sp³-hybridized carbons (Fsp3) is 0.467. The number of hydrogen-bond acceptors (Lipinski definition) is 2. The average molecular weight is 293 g/mol. The lowest BCUT2D eigenvalue weighted by molar-refractivity contribution is -0.126. The molecule has 1 saturated heterocycles. The second kappa shape index (κ2) is 5.09. The third kappa shape index (κ3) is 2.40. The van der Waals surface area contributed by atoms with Gasteiger partial charge in [0.2, 0.25) is 11.8 Å². The van der Waals surface area contributed by atoms with Gasteiger partial charge in [-0.1, -0.05) is 23.7 Å². The number of para-hydroxylation sites is 1. The molecule has 1 saturated carbocycles. The van der Waals surface area contributed by atoms with Gasteiger partial charge in [0.1, 0.15) is 6.04 Å². The van der Waals surface area contributed by atoms with Gasteiger partial charge in [0.15, 0.2) is 0 Å². The molecule has 0 radical (unpaired) electrons. The Bertz CT molecular complexity index is 549. The highest BCUT2D eigenvalue weighted by atomic mass is 35.5. The van der Waals surface area contributed by atoms with Crippen LogP contribution in [0.15, 0.2) is 18.2 Å². The van der Waals surface area contributed by atoms with Crippen LogP contribution in [0.2, 0.25) is 5.02 Å². The van der Waals surface area contributed by atoms with Gasteiger partial charge in [-0.15, -0.1) is 0 Å². The minimum Gasteiger partial charge on any atom is -0.344 e. The molecule has 20 heavy (non-hydrogen) atoms. The summed E-state index contributed by atoms with van der Waals surface area (Å²) in [6.07, 6.45) is 2.33. The van der Waals surface area contributed by atoms with Crippen LogP contribution in [0.3, 0.4) is 0 Å². The summed E-state index contributed by atoms with van der Waals surface area (Å²) < 4.78 is 0. The lowest BCUT2D eigenvalue weighted by Crippen LogP contribution is -2.46. The molecule has 1 aromatic rings. The Morgan fingerprint density at radius 2 is 2.05 bits per heavy atom. The molecule has 1 aromatic carbocycles. The molecule has 106 valence electrons. The van der Waals surface area contributed by atoms with Crippen molar-refractivity contribution >= 4 is 29.1 Å². The normalized spacial score (nSPS) is 23.5. The molecule has 2 aliphatic rings. The number of amides is 2. The van der Waals surface area contributed by atoms with Gasteiger partial charge in [0.25, 0.3) is 0 Å². The van der Waals surface area contributed by atoms with Crippen molar-refractivity contribution in [2.24, 2.45) is 5.92 Å². The van der Waals surface area contributed by atoms with E-state index in [9.17, 15) is 9.59 Å². The van der Waals surface area contributed by atoms with E-state index in [4.69, 9.17) is 11.6 Å². The first-order valence-electron chi connectivity index (χ1n) is 6.94. The van der Waals surface area contributed by atoms with E-state index in [2.05, 4.69) is 5.32 Å². The highest BCUT2D eigenvalue weighted by Crippen LogP contribution is 2.37. The molecule has 4 nitrogen and oxygen atoms in total. The molecule has 1 heterocycles. The first-order valence-corrected chi connectivity index (χ1v) is 7.31. The largest absolute Gasteiger partial charge is 0.344 e. The number of hydrogen-bond donors (Lipinski definition) is 1. The van der Waals surface area contributed by atoms with Gasteiger partial charge in [-0.3, -0.25) is 9.59 Å². The summed E-state index contributed by atoms with van der Waals surface area (Å²) in [6.45, 7) is 2.32. The van der Waals surface area contributed by atoms with Gasteiger partial charge < -0.3 is 10.2 Å². The minimum absolute atomic E-state index is 0.0328. The Labute approximate surface area is 123 Å². The maximum Gasteiger partial charge on any atom is 0.249 e. The molecule has 1 unspecified atom stereocenters. The van der Waals surface area contributed by atoms with Crippen molar-refractivity contribution < 1.29 is 9.59 Å². The summed E-state index contributed by atoms with van der Waals surface area (Å²) in [5.41, 5.74) is 1.69. The van der Waals surface area contributed by atoms with E-state index in [0.717, 1.165) is 24.1 Å². The molecule has 1 aliphatic heterocycles. The Kier molecular flexibility index (Phi) is 3.42. The number of halogens is 1. The second-order valence-electron chi connectivity index (χ2n) is 5.53. The third-order valence-electron chi connectivity index (χ3n) is 3.96. The van der Waals surface area contributed by atoms with Gasteiger partial charge in [-0.05, 0) is 37.3 Å². The van der Waals surface area contributed by atoms with Crippen LogP contribution in [-0.4, -0.2) is 24.4 Å². The van der Waals surface area contributed by atoms with E-state index in [-0.39, 0.29) is 23.8 Å². The van der Waals surface area contributed by atoms with Gasteiger partial charge in [0, 0.05) is 13.0 Å². The summed E-state index contributed by atoms with van der Waals surface area (Å²) in [5, 5.41) is 3.41. The summed E-state index contributed by atoms with van der Waals surface area (Å²) >= 11 is 6.26. The van der Waals surface area contributed by atoms with Crippen LogP contribution in [0.25, 0.3) is 0 Å². The van der Waals surface area contributed by atoms with E-state index in [1.54, 1.807) is 11.0 Å². The highest BCUT2D eigenvalue weighted by molar-refractivity contribution is 6.34. The van der Waals surface area contributed by atoms with Crippen LogP contribution in [0, 0.1) is 12.8 Å². The summed E-state index contributed by atoms with van der Waals surface area (Å²) in [4.78, 5) is 26.2. The highest BCUT2D eigenvalue weighted by Gasteiger charge is 2.41. The maximum absolute atomic E-state index is 12.7. The average Bonchev–Trinajstić information content (AvgIpc) is 3.22. The fourth-order valence-corrected chi connectivity index (χ4v) is 3.06. The number of benzene rings is 1. The third-order valence-corrected chi connectivity index (χ3v) is 4.27. The summed E-state index contributed by atoms with van der Waals surface area (Å²) in [7, 11) is 0. The number of carbonyl (C=O) groups is 2. The lowest BCUT2D eigenvalue weighted by Gasteiger charge is -2.26. The Morgan fingerprint density at radius 3 is 2.70 bits per heavy atom. The predicted octanol–water partition coefficient (Wildman–Crippen LogP) is 2.28. The number of anilines is 1. The van der Waals surface area contributed by atoms with Gasteiger partial charge in [-0.25, -0.2) is 0 Å². The number of nitrogens with one attached hydrogen (secondary N) is 1. The van der Waals surface area contributed by atoms with Crippen LogP contribution in [0.4, 0.5) is 5.69 Å². The number of aryl methyl sites for hydroxylation is 1. The van der Waals surface area contributed by atoms with E-state index >= 15 is 0 Å². The zero-order chi connectivity index (χ0) is 14.3. The van der Waals surface area contributed by atoms with Crippen molar-refractivity contribution in [3.8, 4) is 0 Å². The molecule has 0 spiro atoms. The van der Waals surface area contributed by atoms with E-state index < -0.39 is 0 Å². The van der Waals surface area contributed by atoms with Crippen LogP contribution < -0.4 is 10.2 Å². The molecule has 0 bridgehead atoms. The number of nitrogens with zero attached hydrogens (tertiary/aromatic N) is 1. The van der Waals surface area contributed by atoms with Crippen molar-refractivity contribution in [1.29, 1.82) is 0 Å². The smallest absolute Gasteiger partial charge is 0.249 e. The maximum atomic E-state index is 12.7. The Balaban J connectivity index is 1.98. The SMILES string of the molecule is Cc1cccc(Cl)c1N1CCC(=O)NC(C2CC2)C1=O. The van der Waals surface area contributed by atoms with Crippen LogP contribution in [0.5, 0.6) is 0 Å². The fourth-order valence-electron chi connectivity index (χ4n) is 2.73.